The zero-order valence-electron chi connectivity index (χ0n) is 11.1. The average Bonchev–Trinajstić information content (AvgIpc) is 2.75. The number of nitrogens with one attached hydrogen (secondary N) is 1. The van der Waals surface area contributed by atoms with Crippen LogP contribution in [0.15, 0.2) is 0 Å². The number of hydrogen-bond acceptors (Lipinski definition) is 2. The predicted octanol–water partition coefficient (Wildman–Crippen LogP) is 2.48. The third-order valence-electron chi connectivity index (χ3n) is 3.77. The van der Waals surface area contributed by atoms with E-state index >= 15 is 0 Å². The Kier molecular flexibility index (Phi) is 8.61. The number of carbonyl (C=O) groups excluding carboxylic acids is 1. The Morgan fingerprint density at radius 3 is 2.47 bits per heavy atom. The van der Waals surface area contributed by atoms with E-state index in [0.717, 1.165) is 18.9 Å². The largest absolute Gasteiger partial charge is 0.356 e. The van der Waals surface area contributed by atoms with Crippen molar-refractivity contribution in [3.8, 4) is 0 Å². The lowest BCUT2D eigenvalue weighted by Gasteiger charge is -2.15. The first-order chi connectivity index (χ1) is 7.61. The van der Waals surface area contributed by atoms with Gasteiger partial charge < -0.3 is 11.1 Å². The molecule has 17 heavy (non-hydrogen) atoms. The Morgan fingerprint density at radius 1 is 1.35 bits per heavy atom. The van der Waals surface area contributed by atoms with Gasteiger partial charge in [-0.2, -0.15) is 0 Å². The van der Waals surface area contributed by atoms with Crippen LogP contribution in [0.2, 0.25) is 0 Å². The smallest absolute Gasteiger partial charge is 0.224 e. The summed E-state index contributed by atoms with van der Waals surface area (Å²) in [5.74, 6) is 0.940. The molecule has 0 saturated heterocycles. The van der Waals surface area contributed by atoms with E-state index in [9.17, 15) is 4.79 Å². The van der Waals surface area contributed by atoms with Gasteiger partial charge in [-0.25, -0.2) is 0 Å². The number of hydrogen-bond donors (Lipinski definition) is 2. The van der Waals surface area contributed by atoms with Crippen LogP contribution in [0.5, 0.6) is 0 Å². The summed E-state index contributed by atoms with van der Waals surface area (Å²) in [5.41, 5.74) is 5.68. The fraction of sp³-hybridized carbons (Fsp3) is 0.923. The Balaban J connectivity index is 0.00000256. The Hall–Kier alpha value is -0.280. The lowest BCUT2D eigenvalue weighted by molar-refractivity contribution is -0.124. The number of halogens is 1. The van der Waals surface area contributed by atoms with Crippen molar-refractivity contribution >= 4 is 18.3 Å². The van der Waals surface area contributed by atoms with E-state index < -0.39 is 0 Å². The lowest BCUT2D eigenvalue weighted by atomic mass is 10.0. The Labute approximate surface area is 111 Å². The van der Waals surface area contributed by atoms with E-state index in [-0.39, 0.29) is 30.3 Å². The van der Waals surface area contributed by atoms with Gasteiger partial charge in [0.15, 0.2) is 0 Å². The highest BCUT2D eigenvalue weighted by Crippen LogP contribution is 2.28. The van der Waals surface area contributed by atoms with Crippen molar-refractivity contribution < 1.29 is 4.79 Å². The minimum absolute atomic E-state index is 0. The first-order valence-corrected chi connectivity index (χ1v) is 6.64. The number of amides is 1. The van der Waals surface area contributed by atoms with E-state index in [1.54, 1.807) is 0 Å². The van der Waals surface area contributed by atoms with Crippen molar-refractivity contribution in [2.24, 2.45) is 17.6 Å². The number of rotatable bonds is 6. The molecule has 102 valence electrons. The molecule has 1 saturated carbocycles. The molecule has 0 spiro atoms. The molecule has 0 bridgehead atoms. The molecule has 0 aromatic rings. The topological polar surface area (TPSA) is 55.1 Å². The van der Waals surface area contributed by atoms with Crippen LogP contribution < -0.4 is 11.1 Å². The second kappa shape index (κ2) is 8.76. The molecule has 0 heterocycles. The number of nitrogens with two attached hydrogens (primary N) is 1. The maximum absolute atomic E-state index is 11.6. The van der Waals surface area contributed by atoms with Gasteiger partial charge in [-0.05, 0) is 25.7 Å². The van der Waals surface area contributed by atoms with Gasteiger partial charge in [0.2, 0.25) is 5.91 Å². The van der Waals surface area contributed by atoms with Gasteiger partial charge in [0, 0.05) is 18.5 Å². The maximum atomic E-state index is 11.6. The minimum atomic E-state index is -0.0773. The molecule has 3 N–H and O–H groups in total. The summed E-state index contributed by atoms with van der Waals surface area (Å²) in [5, 5.41) is 2.97. The molecule has 3 nitrogen and oxygen atoms in total. The molecule has 1 fully saturated rings. The number of carbonyl (C=O) groups is 1. The zero-order valence-corrected chi connectivity index (χ0v) is 11.9. The normalized spacial score (nSPS) is 19.5. The van der Waals surface area contributed by atoms with Gasteiger partial charge in [0.1, 0.15) is 0 Å². The minimum Gasteiger partial charge on any atom is -0.356 e. The molecular formula is C13H27ClN2O. The van der Waals surface area contributed by atoms with Crippen LogP contribution in [0.3, 0.4) is 0 Å². The summed E-state index contributed by atoms with van der Waals surface area (Å²) in [4.78, 5) is 11.6. The molecule has 4 heteroatoms. The molecule has 1 rings (SSSR count). The van der Waals surface area contributed by atoms with Crippen LogP contribution in [0.4, 0.5) is 0 Å². The van der Waals surface area contributed by atoms with Gasteiger partial charge in [-0.3, -0.25) is 4.79 Å². The monoisotopic (exact) mass is 262 g/mol. The molecule has 0 aliphatic heterocycles. The van der Waals surface area contributed by atoms with Crippen LogP contribution in [-0.2, 0) is 4.79 Å². The molecule has 0 aromatic carbocycles. The third kappa shape index (κ3) is 6.27. The van der Waals surface area contributed by atoms with Crippen LogP contribution in [0.25, 0.3) is 0 Å². The van der Waals surface area contributed by atoms with E-state index in [2.05, 4.69) is 5.32 Å². The Morgan fingerprint density at radius 2 is 1.94 bits per heavy atom. The standard InChI is InChI=1S/C13H26N2O.ClH/c1-10(11(2)14)13(16)15-9-5-8-12-6-3-4-7-12;/h10-12H,3-9,14H2,1-2H3,(H,15,16);1H. The molecule has 1 amide bonds. The molecule has 2 unspecified atom stereocenters. The van der Waals surface area contributed by atoms with Crippen molar-refractivity contribution in [3.63, 3.8) is 0 Å². The van der Waals surface area contributed by atoms with Crippen LogP contribution in [0, 0.1) is 11.8 Å². The molecule has 0 aromatic heterocycles. The van der Waals surface area contributed by atoms with Gasteiger partial charge in [0.05, 0.1) is 0 Å². The van der Waals surface area contributed by atoms with E-state index in [1.165, 1.54) is 32.1 Å². The first kappa shape index (κ1) is 16.7. The summed E-state index contributed by atoms with van der Waals surface area (Å²) in [6.07, 6.45) is 7.97. The van der Waals surface area contributed by atoms with Crippen molar-refractivity contribution in [1.29, 1.82) is 0 Å². The van der Waals surface area contributed by atoms with Gasteiger partial charge in [-0.15, -0.1) is 12.4 Å². The quantitative estimate of drug-likeness (QED) is 0.723. The highest BCUT2D eigenvalue weighted by molar-refractivity contribution is 5.85. The highest BCUT2D eigenvalue weighted by atomic mass is 35.5. The summed E-state index contributed by atoms with van der Waals surface area (Å²) < 4.78 is 0. The predicted molar refractivity (Wildman–Crippen MR) is 74.3 cm³/mol. The van der Waals surface area contributed by atoms with Gasteiger partial charge in [-0.1, -0.05) is 32.6 Å². The van der Waals surface area contributed by atoms with E-state index in [0.29, 0.717) is 0 Å². The second-order valence-electron chi connectivity index (χ2n) is 5.23. The SMILES string of the molecule is CC(N)C(C)C(=O)NCCCC1CCCC1.Cl. The molecule has 2 atom stereocenters. The first-order valence-electron chi connectivity index (χ1n) is 6.64. The summed E-state index contributed by atoms with van der Waals surface area (Å²) in [6, 6.07) is -0.0603. The third-order valence-corrected chi connectivity index (χ3v) is 3.77. The van der Waals surface area contributed by atoms with Crippen LogP contribution in [0.1, 0.15) is 52.4 Å². The van der Waals surface area contributed by atoms with Crippen molar-refractivity contribution in [2.45, 2.75) is 58.4 Å². The summed E-state index contributed by atoms with van der Waals surface area (Å²) >= 11 is 0. The fourth-order valence-corrected chi connectivity index (χ4v) is 2.30. The van der Waals surface area contributed by atoms with E-state index in [1.807, 2.05) is 13.8 Å². The average molecular weight is 263 g/mol. The van der Waals surface area contributed by atoms with Gasteiger partial charge in [0.25, 0.3) is 0 Å². The maximum Gasteiger partial charge on any atom is 0.224 e. The summed E-state index contributed by atoms with van der Waals surface area (Å²) in [7, 11) is 0. The van der Waals surface area contributed by atoms with Crippen LogP contribution in [-0.4, -0.2) is 18.5 Å². The zero-order chi connectivity index (χ0) is 12.0. The van der Waals surface area contributed by atoms with Crippen molar-refractivity contribution in [1.82, 2.24) is 5.32 Å². The molecular weight excluding hydrogens is 236 g/mol. The van der Waals surface area contributed by atoms with Crippen molar-refractivity contribution in [2.75, 3.05) is 6.54 Å². The van der Waals surface area contributed by atoms with Crippen LogP contribution >= 0.6 is 12.4 Å². The summed E-state index contributed by atoms with van der Waals surface area (Å²) in [6.45, 7) is 4.58. The second-order valence-corrected chi connectivity index (χ2v) is 5.23. The van der Waals surface area contributed by atoms with Crippen molar-refractivity contribution in [3.05, 3.63) is 0 Å². The highest BCUT2D eigenvalue weighted by Gasteiger charge is 2.17. The Bertz CT molecular complexity index is 215. The lowest BCUT2D eigenvalue weighted by Crippen LogP contribution is -2.38. The fourth-order valence-electron chi connectivity index (χ4n) is 2.30. The molecule has 0 radical (unpaired) electrons. The van der Waals surface area contributed by atoms with E-state index in [4.69, 9.17) is 5.73 Å². The molecule has 1 aliphatic rings. The molecule has 1 aliphatic carbocycles. The van der Waals surface area contributed by atoms with Gasteiger partial charge >= 0.3 is 0 Å².